The van der Waals surface area contributed by atoms with E-state index in [9.17, 15) is 31.5 Å². The fourth-order valence-corrected chi connectivity index (χ4v) is 6.48. The first kappa shape index (κ1) is 36.1. The van der Waals surface area contributed by atoms with Crippen LogP contribution in [0.25, 0.3) is 22.6 Å². The molecule has 4 aromatic rings. The van der Waals surface area contributed by atoms with Crippen LogP contribution >= 0.6 is 11.6 Å². The van der Waals surface area contributed by atoms with Crippen molar-refractivity contribution in [2.24, 2.45) is 16.1 Å². The standard InChI is InChI=1S/C34H35ClF5N9O2/c1-4-23(50)12-14-27(20-7-13-25(35)24(15-20)28-42-18-44-48(28)30(36)37)47-29(51)33(45-31(47)41,17-32(2,3)34(38,39)40)21-8-5-19(6-9-21)26-16-43-49(46-26)22-10-11-22/h5-9,13,15-16,18,22,27,30H,4,10-12,14,17H2,1-3H3,(H2,41,45)/t27-,33-/m1/s1. The van der Waals surface area contributed by atoms with E-state index in [1.165, 1.54) is 30.3 Å². The molecule has 51 heavy (non-hydrogen) atoms. The summed E-state index contributed by atoms with van der Waals surface area (Å²) < 4.78 is 71.4. The highest BCUT2D eigenvalue weighted by Gasteiger charge is 2.59. The number of alkyl halides is 5. The van der Waals surface area contributed by atoms with Crippen LogP contribution in [-0.4, -0.2) is 58.5 Å². The zero-order valence-corrected chi connectivity index (χ0v) is 28.7. The van der Waals surface area contributed by atoms with E-state index in [0.717, 1.165) is 37.9 Å². The first-order valence-corrected chi connectivity index (χ1v) is 16.7. The Morgan fingerprint density at radius 3 is 2.43 bits per heavy atom. The predicted molar refractivity (Wildman–Crippen MR) is 177 cm³/mol. The second-order valence-corrected chi connectivity index (χ2v) is 13.8. The Morgan fingerprint density at radius 2 is 1.80 bits per heavy atom. The molecule has 2 aromatic carbocycles. The van der Waals surface area contributed by atoms with Crippen molar-refractivity contribution in [3.8, 4) is 22.6 Å². The highest BCUT2D eigenvalue weighted by Crippen LogP contribution is 2.51. The Balaban J connectivity index is 1.44. The maximum atomic E-state index is 14.8. The Morgan fingerprint density at radius 1 is 1.10 bits per heavy atom. The number of benzene rings is 2. The number of hydrogen-bond donors (Lipinski definition) is 1. The van der Waals surface area contributed by atoms with E-state index in [4.69, 9.17) is 17.3 Å². The summed E-state index contributed by atoms with van der Waals surface area (Å²) in [5.41, 5.74) is 3.69. The van der Waals surface area contributed by atoms with Gasteiger partial charge in [-0.1, -0.05) is 62.7 Å². The molecule has 1 saturated carbocycles. The molecular weight excluding hydrogens is 697 g/mol. The number of ketones is 1. The van der Waals surface area contributed by atoms with Crippen molar-refractivity contribution in [1.82, 2.24) is 34.7 Å². The van der Waals surface area contributed by atoms with Gasteiger partial charge >= 0.3 is 12.7 Å². The third-order valence-electron chi connectivity index (χ3n) is 9.41. The molecule has 270 valence electrons. The summed E-state index contributed by atoms with van der Waals surface area (Å²) in [6, 6.07) is 9.90. The molecule has 0 radical (unpaired) electrons. The third kappa shape index (κ3) is 6.85. The SMILES string of the molecule is CCC(=O)CC[C@H](c1ccc(Cl)c(-c2ncnn2C(F)F)c1)N1C(=O)[C@@](CC(C)(C)C(F)(F)F)(c2ccc(-c3cnn(C4CC4)n3)cc2)N=C1N. The average molecular weight is 732 g/mol. The molecule has 2 N–H and O–H groups in total. The van der Waals surface area contributed by atoms with Crippen molar-refractivity contribution < 1.29 is 31.5 Å². The monoisotopic (exact) mass is 731 g/mol. The first-order chi connectivity index (χ1) is 24.1. The Bertz CT molecular complexity index is 1970. The molecule has 1 amide bonds. The number of amides is 1. The van der Waals surface area contributed by atoms with Crippen LogP contribution in [0, 0.1) is 5.41 Å². The Kier molecular flexibility index (Phi) is 9.50. The minimum absolute atomic E-state index is 0.00836. The lowest BCUT2D eigenvalue weighted by Crippen LogP contribution is -2.48. The van der Waals surface area contributed by atoms with Gasteiger partial charge in [0.1, 0.15) is 17.8 Å². The lowest BCUT2D eigenvalue weighted by Gasteiger charge is -2.37. The Labute approximate surface area is 294 Å². The van der Waals surface area contributed by atoms with Crippen molar-refractivity contribution in [1.29, 1.82) is 0 Å². The number of carbonyl (C=O) groups excluding carboxylic acids is 2. The van der Waals surface area contributed by atoms with Crippen LogP contribution in [-0.2, 0) is 15.1 Å². The van der Waals surface area contributed by atoms with Gasteiger partial charge in [0.15, 0.2) is 17.3 Å². The number of halogens is 6. The molecular formula is C34H35ClF5N9O2. The van der Waals surface area contributed by atoms with Gasteiger partial charge in [0.05, 0.1) is 28.7 Å². The fourth-order valence-electron chi connectivity index (χ4n) is 6.28. The molecule has 2 aliphatic rings. The maximum absolute atomic E-state index is 14.8. The molecule has 3 heterocycles. The van der Waals surface area contributed by atoms with E-state index in [0.29, 0.717) is 21.5 Å². The topological polar surface area (TPSA) is 137 Å². The summed E-state index contributed by atoms with van der Waals surface area (Å²) in [5, 5.41) is 12.4. The molecule has 2 aromatic heterocycles. The van der Waals surface area contributed by atoms with Gasteiger partial charge in [0, 0.05) is 24.0 Å². The quantitative estimate of drug-likeness (QED) is 0.141. The van der Waals surface area contributed by atoms with Crippen molar-refractivity contribution in [3.63, 3.8) is 0 Å². The molecule has 0 bridgehead atoms. The molecule has 0 saturated heterocycles. The van der Waals surface area contributed by atoms with Gasteiger partial charge in [0.25, 0.3) is 5.91 Å². The number of rotatable bonds is 13. The summed E-state index contributed by atoms with van der Waals surface area (Å²) >= 11 is 6.43. The largest absolute Gasteiger partial charge is 0.394 e. The normalized spacial score (nSPS) is 18.8. The van der Waals surface area contributed by atoms with Gasteiger partial charge in [-0.3, -0.25) is 14.5 Å². The minimum atomic E-state index is -4.72. The summed E-state index contributed by atoms with van der Waals surface area (Å²) in [5.74, 6) is -1.61. The van der Waals surface area contributed by atoms with Crippen molar-refractivity contribution >= 4 is 29.3 Å². The molecule has 17 heteroatoms. The number of carbonyl (C=O) groups is 2. The number of nitrogens with two attached hydrogens (primary N) is 1. The van der Waals surface area contributed by atoms with Crippen molar-refractivity contribution in [2.45, 2.75) is 89.6 Å². The van der Waals surface area contributed by atoms with E-state index in [1.54, 1.807) is 30.0 Å². The molecule has 1 aliphatic heterocycles. The lowest BCUT2D eigenvalue weighted by atomic mass is 9.74. The number of aromatic nitrogens is 6. The number of Topliss-reactive ketones (excluding diaryl/α,β-unsaturated/α-hetero) is 1. The number of hydrogen-bond acceptors (Lipinski definition) is 8. The zero-order valence-electron chi connectivity index (χ0n) is 27.9. The van der Waals surface area contributed by atoms with E-state index in [1.807, 2.05) is 0 Å². The second kappa shape index (κ2) is 13.4. The second-order valence-electron chi connectivity index (χ2n) is 13.4. The lowest BCUT2D eigenvalue weighted by molar-refractivity contribution is -0.218. The van der Waals surface area contributed by atoms with Crippen LogP contribution < -0.4 is 5.73 Å². The summed E-state index contributed by atoms with van der Waals surface area (Å²) in [7, 11) is 0. The van der Waals surface area contributed by atoms with E-state index in [2.05, 4.69) is 25.3 Å². The van der Waals surface area contributed by atoms with E-state index >= 15 is 0 Å². The highest BCUT2D eigenvalue weighted by molar-refractivity contribution is 6.33. The molecule has 6 rings (SSSR count). The number of aliphatic imine (C=N–C) groups is 1. The highest BCUT2D eigenvalue weighted by atomic mass is 35.5. The molecule has 1 fully saturated rings. The first-order valence-electron chi connectivity index (χ1n) is 16.3. The predicted octanol–water partition coefficient (Wildman–Crippen LogP) is 7.42. The molecule has 0 unspecified atom stereocenters. The average Bonchev–Trinajstić information content (AvgIpc) is 3.49. The van der Waals surface area contributed by atoms with Crippen LogP contribution in [0.3, 0.4) is 0 Å². The minimum Gasteiger partial charge on any atom is -0.369 e. The molecule has 2 atom stereocenters. The van der Waals surface area contributed by atoms with Gasteiger partial charge < -0.3 is 5.73 Å². The summed E-state index contributed by atoms with van der Waals surface area (Å²) in [4.78, 5) is 38.6. The van der Waals surface area contributed by atoms with E-state index < -0.39 is 42.0 Å². The van der Waals surface area contributed by atoms with Crippen LogP contribution in [0.15, 0.2) is 60.0 Å². The summed E-state index contributed by atoms with van der Waals surface area (Å²) in [6.45, 7) is 0.607. The zero-order chi connectivity index (χ0) is 36.9. The van der Waals surface area contributed by atoms with E-state index in [-0.39, 0.29) is 59.0 Å². The summed E-state index contributed by atoms with van der Waals surface area (Å²) in [6.07, 6.45) is -0.868. The van der Waals surface area contributed by atoms with Crippen molar-refractivity contribution in [3.05, 3.63) is 71.1 Å². The van der Waals surface area contributed by atoms with Crippen LogP contribution in [0.4, 0.5) is 22.0 Å². The maximum Gasteiger partial charge on any atom is 0.394 e. The Hall–Kier alpha value is -4.73. The molecule has 0 spiro atoms. The van der Waals surface area contributed by atoms with Gasteiger partial charge in [-0.25, -0.2) is 9.98 Å². The number of guanidine groups is 1. The molecule has 11 nitrogen and oxygen atoms in total. The van der Waals surface area contributed by atoms with Gasteiger partial charge in [0.2, 0.25) is 0 Å². The number of nitrogens with zero attached hydrogens (tertiary/aromatic N) is 8. The van der Waals surface area contributed by atoms with Gasteiger partial charge in [-0.15, -0.1) is 0 Å². The van der Waals surface area contributed by atoms with Crippen LogP contribution in [0.2, 0.25) is 5.02 Å². The van der Waals surface area contributed by atoms with Gasteiger partial charge in [-0.05, 0) is 48.9 Å². The van der Waals surface area contributed by atoms with Crippen LogP contribution in [0.1, 0.15) is 89.1 Å². The van der Waals surface area contributed by atoms with Gasteiger partial charge in [-0.2, -0.15) is 46.7 Å². The third-order valence-corrected chi connectivity index (χ3v) is 9.74. The molecule has 1 aliphatic carbocycles. The van der Waals surface area contributed by atoms with Crippen molar-refractivity contribution in [2.75, 3.05) is 0 Å². The smallest absolute Gasteiger partial charge is 0.369 e. The fraction of sp³-hybridized carbons (Fsp3) is 0.441. The van der Waals surface area contributed by atoms with Crippen LogP contribution in [0.5, 0.6) is 0 Å².